The van der Waals surface area contributed by atoms with Gasteiger partial charge in [0.2, 0.25) is 0 Å². The Labute approximate surface area is 126 Å². The van der Waals surface area contributed by atoms with Gasteiger partial charge in [-0.1, -0.05) is 12.5 Å². The van der Waals surface area contributed by atoms with E-state index in [1.165, 1.54) is 51.3 Å². The van der Waals surface area contributed by atoms with E-state index in [-0.39, 0.29) is 5.82 Å². The molecule has 0 saturated carbocycles. The lowest BCUT2D eigenvalue weighted by Gasteiger charge is -2.40. The molecule has 1 aromatic rings. The average molecular weight is 291 g/mol. The summed E-state index contributed by atoms with van der Waals surface area (Å²) in [5.74, 6) is -0.173. The molecule has 2 heterocycles. The van der Waals surface area contributed by atoms with Crippen LogP contribution in [0.5, 0.6) is 0 Å². The van der Waals surface area contributed by atoms with Crippen LogP contribution < -0.4 is 5.73 Å². The molecule has 3 rings (SSSR count). The molecule has 2 aliphatic rings. The minimum absolute atomic E-state index is 0.173. The van der Waals surface area contributed by atoms with E-state index >= 15 is 0 Å². The number of likely N-dealkylation sites (tertiary alicyclic amines) is 2. The van der Waals surface area contributed by atoms with Crippen LogP contribution in [0.3, 0.4) is 0 Å². The largest absolute Gasteiger partial charge is 0.398 e. The average Bonchev–Trinajstić information content (AvgIpc) is 2.53. The summed E-state index contributed by atoms with van der Waals surface area (Å²) in [6.07, 6.45) is 6.50. The zero-order valence-electron chi connectivity index (χ0n) is 12.7. The summed E-state index contributed by atoms with van der Waals surface area (Å²) >= 11 is 0. The highest BCUT2D eigenvalue weighted by Gasteiger charge is 2.26. The number of nitrogens with zero attached hydrogens (tertiary/aromatic N) is 2. The molecule has 0 radical (unpaired) electrons. The third-order valence-corrected chi connectivity index (χ3v) is 5.00. The molecule has 0 atom stereocenters. The fourth-order valence-corrected chi connectivity index (χ4v) is 3.69. The molecule has 4 heteroatoms. The topological polar surface area (TPSA) is 32.5 Å². The van der Waals surface area contributed by atoms with Crippen molar-refractivity contribution in [2.45, 2.75) is 44.7 Å². The van der Waals surface area contributed by atoms with Gasteiger partial charge in [-0.05, 0) is 64.0 Å². The van der Waals surface area contributed by atoms with E-state index in [4.69, 9.17) is 5.73 Å². The second-order valence-electron chi connectivity index (χ2n) is 6.41. The van der Waals surface area contributed by atoms with Crippen LogP contribution in [0.2, 0.25) is 0 Å². The molecule has 0 aromatic heterocycles. The lowest BCUT2D eigenvalue weighted by molar-refractivity contribution is 0.0893. The number of nitrogens with two attached hydrogens (primary N) is 1. The Morgan fingerprint density at radius 1 is 1.05 bits per heavy atom. The summed E-state index contributed by atoms with van der Waals surface area (Å²) in [5, 5.41) is 0. The van der Waals surface area contributed by atoms with E-state index in [2.05, 4.69) is 9.80 Å². The van der Waals surface area contributed by atoms with Crippen molar-refractivity contribution in [2.75, 3.05) is 31.9 Å². The zero-order valence-corrected chi connectivity index (χ0v) is 12.7. The van der Waals surface area contributed by atoms with Crippen LogP contribution in [0, 0.1) is 5.82 Å². The Balaban J connectivity index is 1.54. The number of nitrogen functional groups attached to an aromatic ring is 1. The van der Waals surface area contributed by atoms with Gasteiger partial charge in [-0.25, -0.2) is 4.39 Å². The molecular formula is C17H26FN3. The van der Waals surface area contributed by atoms with Gasteiger partial charge in [0.15, 0.2) is 0 Å². The van der Waals surface area contributed by atoms with E-state index in [1.807, 2.05) is 0 Å². The first-order valence-corrected chi connectivity index (χ1v) is 8.23. The molecule has 21 heavy (non-hydrogen) atoms. The van der Waals surface area contributed by atoms with Crippen LogP contribution in [-0.4, -0.2) is 42.0 Å². The van der Waals surface area contributed by atoms with Crippen LogP contribution in [0.15, 0.2) is 18.2 Å². The van der Waals surface area contributed by atoms with Crippen molar-refractivity contribution in [1.82, 2.24) is 9.80 Å². The normalized spacial score (nSPS) is 22.5. The highest BCUT2D eigenvalue weighted by atomic mass is 19.1. The van der Waals surface area contributed by atoms with Gasteiger partial charge in [-0.3, -0.25) is 4.90 Å². The van der Waals surface area contributed by atoms with Crippen LogP contribution in [0.4, 0.5) is 10.1 Å². The summed E-state index contributed by atoms with van der Waals surface area (Å²) < 4.78 is 13.9. The second-order valence-corrected chi connectivity index (χ2v) is 6.41. The minimum atomic E-state index is -0.173. The highest BCUT2D eigenvalue weighted by molar-refractivity contribution is 5.47. The number of piperidine rings is 2. The van der Waals surface area contributed by atoms with Gasteiger partial charge in [-0.15, -0.1) is 0 Å². The molecule has 0 unspecified atom stereocenters. The van der Waals surface area contributed by atoms with Gasteiger partial charge in [0.25, 0.3) is 0 Å². The predicted molar refractivity (Wildman–Crippen MR) is 84.5 cm³/mol. The predicted octanol–water partition coefficient (Wildman–Crippen LogP) is 2.86. The zero-order chi connectivity index (χ0) is 14.7. The molecule has 0 bridgehead atoms. The highest BCUT2D eigenvalue weighted by Crippen LogP contribution is 2.24. The fraction of sp³-hybridized carbons (Fsp3) is 0.647. The SMILES string of the molecule is Nc1cccc(F)c1CN1CCC(N2CCCCC2)CC1. The van der Waals surface area contributed by atoms with E-state index in [9.17, 15) is 4.39 Å². The molecule has 3 nitrogen and oxygen atoms in total. The summed E-state index contributed by atoms with van der Waals surface area (Å²) in [4.78, 5) is 5.01. The molecule has 2 N–H and O–H groups in total. The lowest BCUT2D eigenvalue weighted by Crippen LogP contribution is -2.46. The van der Waals surface area contributed by atoms with Crippen molar-refractivity contribution in [3.63, 3.8) is 0 Å². The number of rotatable bonds is 3. The standard InChI is InChI=1S/C17H26FN3/c18-16-5-4-6-17(19)15(16)13-20-11-7-14(8-12-20)21-9-2-1-3-10-21/h4-6,14H,1-3,7-13,19H2. The van der Waals surface area contributed by atoms with Crippen molar-refractivity contribution >= 4 is 5.69 Å². The van der Waals surface area contributed by atoms with Crippen molar-refractivity contribution in [2.24, 2.45) is 0 Å². The van der Waals surface area contributed by atoms with Crippen LogP contribution in [0.1, 0.15) is 37.7 Å². The van der Waals surface area contributed by atoms with Gasteiger partial charge in [0.1, 0.15) is 5.82 Å². The quantitative estimate of drug-likeness (QED) is 0.869. The number of hydrogen-bond donors (Lipinski definition) is 1. The smallest absolute Gasteiger partial charge is 0.129 e. The fourth-order valence-electron chi connectivity index (χ4n) is 3.69. The van der Waals surface area contributed by atoms with E-state index < -0.39 is 0 Å². The third kappa shape index (κ3) is 3.55. The molecule has 1 aromatic carbocycles. The Hall–Kier alpha value is -1.13. The summed E-state index contributed by atoms with van der Waals surface area (Å²) in [7, 11) is 0. The molecule has 0 aliphatic carbocycles. The van der Waals surface area contributed by atoms with Gasteiger partial charge in [0.05, 0.1) is 0 Å². The number of benzene rings is 1. The Morgan fingerprint density at radius 2 is 1.76 bits per heavy atom. The lowest BCUT2D eigenvalue weighted by atomic mass is 9.99. The summed E-state index contributed by atoms with van der Waals surface area (Å²) in [5.41, 5.74) is 7.15. The first kappa shape index (κ1) is 14.8. The summed E-state index contributed by atoms with van der Waals surface area (Å²) in [6, 6.07) is 5.71. The second kappa shape index (κ2) is 6.75. The molecular weight excluding hydrogens is 265 g/mol. The van der Waals surface area contributed by atoms with Gasteiger partial charge < -0.3 is 10.6 Å². The first-order chi connectivity index (χ1) is 10.2. The van der Waals surface area contributed by atoms with Gasteiger partial charge in [0, 0.05) is 23.8 Å². The van der Waals surface area contributed by atoms with Crippen molar-refractivity contribution in [1.29, 1.82) is 0 Å². The van der Waals surface area contributed by atoms with Gasteiger partial charge >= 0.3 is 0 Å². The maximum Gasteiger partial charge on any atom is 0.129 e. The third-order valence-electron chi connectivity index (χ3n) is 5.00. The Kier molecular flexibility index (Phi) is 4.76. The van der Waals surface area contributed by atoms with Crippen molar-refractivity contribution in [3.05, 3.63) is 29.6 Å². The molecule has 2 saturated heterocycles. The number of anilines is 1. The molecule has 0 spiro atoms. The van der Waals surface area contributed by atoms with E-state index in [0.29, 0.717) is 17.8 Å². The molecule has 0 amide bonds. The Bertz CT molecular complexity index is 443. The molecule has 116 valence electrons. The number of halogens is 1. The van der Waals surface area contributed by atoms with Crippen LogP contribution in [-0.2, 0) is 6.54 Å². The molecule has 2 aliphatic heterocycles. The summed E-state index contributed by atoms with van der Waals surface area (Å²) in [6.45, 7) is 5.28. The first-order valence-electron chi connectivity index (χ1n) is 8.23. The van der Waals surface area contributed by atoms with E-state index in [0.717, 1.165) is 19.1 Å². The van der Waals surface area contributed by atoms with Crippen LogP contribution in [0.25, 0.3) is 0 Å². The number of hydrogen-bond acceptors (Lipinski definition) is 3. The monoisotopic (exact) mass is 291 g/mol. The minimum Gasteiger partial charge on any atom is -0.398 e. The molecule has 2 fully saturated rings. The van der Waals surface area contributed by atoms with Crippen molar-refractivity contribution < 1.29 is 4.39 Å². The van der Waals surface area contributed by atoms with Gasteiger partial charge in [-0.2, -0.15) is 0 Å². The van der Waals surface area contributed by atoms with Crippen LogP contribution >= 0.6 is 0 Å². The Morgan fingerprint density at radius 3 is 2.43 bits per heavy atom. The van der Waals surface area contributed by atoms with Crippen molar-refractivity contribution in [3.8, 4) is 0 Å². The maximum atomic E-state index is 13.9. The maximum absolute atomic E-state index is 13.9. The van der Waals surface area contributed by atoms with E-state index in [1.54, 1.807) is 12.1 Å².